The third-order valence-corrected chi connectivity index (χ3v) is 2.01. The van der Waals surface area contributed by atoms with Gasteiger partial charge >= 0.3 is 0 Å². The van der Waals surface area contributed by atoms with E-state index in [-0.39, 0.29) is 18.7 Å². The highest BCUT2D eigenvalue weighted by Gasteiger charge is 2.19. The van der Waals surface area contributed by atoms with Crippen molar-refractivity contribution in [2.24, 2.45) is 5.73 Å². The molecule has 0 spiro atoms. The van der Waals surface area contributed by atoms with Gasteiger partial charge in [-0.05, 0) is 19.1 Å². The summed E-state index contributed by atoms with van der Waals surface area (Å²) in [5.41, 5.74) is 4.82. The Labute approximate surface area is 92.1 Å². The number of hydrogen-bond donors (Lipinski definition) is 1. The molecule has 2 N–H and O–H groups in total. The van der Waals surface area contributed by atoms with Gasteiger partial charge in [0.2, 0.25) is 11.9 Å². The Morgan fingerprint density at radius 3 is 2.75 bits per heavy atom. The number of hydrogen-bond acceptors (Lipinski definition) is 3. The molecule has 86 valence electrons. The molecule has 6 heteroatoms. The molecule has 0 saturated heterocycles. The van der Waals surface area contributed by atoms with E-state index in [0.717, 1.165) is 4.90 Å². The first kappa shape index (κ1) is 12.1. The minimum Gasteiger partial charge on any atom is -0.368 e. The first-order valence-electron chi connectivity index (χ1n) is 4.74. The van der Waals surface area contributed by atoms with Crippen LogP contribution in [0.15, 0.2) is 18.3 Å². The number of pyridine rings is 1. The number of carbonyl (C=O) groups excluding carboxylic acids is 2. The average molecular weight is 225 g/mol. The molecule has 1 aromatic heterocycles. The molecule has 0 atom stereocenters. The van der Waals surface area contributed by atoms with E-state index in [0.29, 0.717) is 0 Å². The zero-order chi connectivity index (χ0) is 12.1. The van der Waals surface area contributed by atoms with Crippen LogP contribution >= 0.6 is 0 Å². The Hall–Kier alpha value is -1.98. The van der Waals surface area contributed by atoms with Crippen LogP contribution in [0.1, 0.15) is 17.3 Å². The summed E-state index contributed by atoms with van der Waals surface area (Å²) in [4.78, 5) is 27.0. The molecule has 16 heavy (non-hydrogen) atoms. The van der Waals surface area contributed by atoms with Gasteiger partial charge < -0.3 is 10.6 Å². The molecule has 2 amide bonds. The standard InChI is InChI=1S/C10H12FN3O2/c1-2-14(6-8(12)15)10(16)7-4-3-5-13-9(7)11/h3-5H,2,6H2,1H3,(H2,12,15). The van der Waals surface area contributed by atoms with Crippen LogP contribution in [0.4, 0.5) is 4.39 Å². The van der Waals surface area contributed by atoms with Gasteiger partial charge in [-0.3, -0.25) is 9.59 Å². The number of halogens is 1. The van der Waals surface area contributed by atoms with Crippen LogP contribution in [0.25, 0.3) is 0 Å². The molecule has 0 aliphatic carbocycles. The third kappa shape index (κ3) is 2.75. The van der Waals surface area contributed by atoms with Gasteiger partial charge in [0.1, 0.15) is 0 Å². The van der Waals surface area contributed by atoms with E-state index in [1.165, 1.54) is 18.3 Å². The van der Waals surface area contributed by atoms with E-state index < -0.39 is 17.8 Å². The Kier molecular flexibility index (Phi) is 3.93. The Bertz CT molecular complexity index is 409. The number of rotatable bonds is 4. The monoisotopic (exact) mass is 225 g/mol. The SMILES string of the molecule is CCN(CC(N)=O)C(=O)c1cccnc1F. The largest absolute Gasteiger partial charge is 0.368 e. The van der Waals surface area contributed by atoms with Crippen molar-refractivity contribution in [3.63, 3.8) is 0 Å². The van der Waals surface area contributed by atoms with Crippen molar-refractivity contribution in [3.8, 4) is 0 Å². The van der Waals surface area contributed by atoms with Gasteiger partial charge in [0, 0.05) is 12.7 Å². The molecular weight excluding hydrogens is 213 g/mol. The van der Waals surface area contributed by atoms with Crippen molar-refractivity contribution < 1.29 is 14.0 Å². The maximum atomic E-state index is 13.2. The highest BCUT2D eigenvalue weighted by atomic mass is 19.1. The van der Waals surface area contributed by atoms with Crippen molar-refractivity contribution in [2.45, 2.75) is 6.92 Å². The number of primary amides is 1. The van der Waals surface area contributed by atoms with Crippen LogP contribution in [0.3, 0.4) is 0 Å². The third-order valence-electron chi connectivity index (χ3n) is 2.01. The molecule has 1 aromatic rings. The lowest BCUT2D eigenvalue weighted by molar-refractivity contribution is -0.118. The molecule has 0 radical (unpaired) electrons. The summed E-state index contributed by atoms with van der Waals surface area (Å²) in [5.74, 6) is -2.08. The number of aromatic nitrogens is 1. The Morgan fingerprint density at radius 2 is 2.25 bits per heavy atom. The summed E-state index contributed by atoms with van der Waals surface area (Å²) >= 11 is 0. The van der Waals surface area contributed by atoms with Gasteiger partial charge in [-0.25, -0.2) is 4.98 Å². The molecular formula is C10H12FN3O2. The predicted molar refractivity (Wildman–Crippen MR) is 55.0 cm³/mol. The Balaban J connectivity index is 2.91. The van der Waals surface area contributed by atoms with Gasteiger partial charge in [0.05, 0.1) is 12.1 Å². The first-order chi connectivity index (χ1) is 7.56. The fourth-order valence-corrected chi connectivity index (χ4v) is 1.23. The van der Waals surface area contributed by atoms with Crippen molar-refractivity contribution in [2.75, 3.05) is 13.1 Å². The first-order valence-corrected chi connectivity index (χ1v) is 4.74. The van der Waals surface area contributed by atoms with Crippen LogP contribution in [-0.4, -0.2) is 34.8 Å². The van der Waals surface area contributed by atoms with Crippen LogP contribution in [0.5, 0.6) is 0 Å². The second kappa shape index (κ2) is 5.20. The van der Waals surface area contributed by atoms with E-state index >= 15 is 0 Å². The summed E-state index contributed by atoms with van der Waals surface area (Å²) in [6.45, 7) is 1.72. The van der Waals surface area contributed by atoms with E-state index in [4.69, 9.17) is 5.73 Å². The maximum absolute atomic E-state index is 13.2. The van der Waals surface area contributed by atoms with Gasteiger partial charge in [-0.2, -0.15) is 4.39 Å². The zero-order valence-electron chi connectivity index (χ0n) is 8.81. The van der Waals surface area contributed by atoms with Crippen molar-refractivity contribution in [1.82, 2.24) is 9.88 Å². The fraction of sp³-hybridized carbons (Fsp3) is 0.300. The number of amides is 2. The molecule has 1 heterocycles. The predicted octanol–water partition coefficient (Wildman–Crippen LogP) is 0.168. The van der Waals surface area contributed by atoms with Gasteiger partial charge in [-0.15, -0.1) is 0 Å². The fourth-order valence-electron chi connectivity index (χ4n) is 1.23. The number of likely N-dealkylation sites (N-methyl/N-ethyl adjacent to an activating group) is 1. The highest BCUT2D eigenvalue weighted by Crippen LogP contribution is 2.07. The number of nitrogens with two attached hydrogens (primary N) is 1. The average Bonchev–Trinajstić information content (AvgIpc) is 2.25. The molecule has 0 aliphatic heterocycles. The number of nitrogens with zero attached hydrogens (tertiary/aromatic N) is 2. The second-order valence-corrected chi connectivity index (χ2v) is 3.13. The topological polar surface area (TPSA) is 76.3 Å². The van der Waals surface area contributed by atoms with E-state index in [1.54, 1.807) is 6.92 Å². The molecule has 0 aliphatic rings. The minimum absolute atomic E-state index is 0.161. The smallest absolute Gasteiger partial charge is 0.258 e. The summed E-state index contributed by atoms with van der Waals surface area (Å²) in [6.07, 6.45) is 1.25. The van der Waals surface area contributed by atoms with Gasteiger partial charge in [0.25, 0.3) is 5.91 Å². The van der Waals surface area contributed by atoms with E-state index in [2.05, 4.69) is 4.98 Å². The van der Waals surface area contributed by atoms with E-state index in [9.17, 15) is 14.0 Å². The maximum Gasteiger partial charge on any atom is 0.258 e. The summed E-state index contributed by atoms with van der Waals surface area (Å²) < 4.78 is 13.2. The molecule has 0 fully saturated rings. The molecule has 0 unspecified atom stereocenters. The molecule has 0 saturated carbocycles. The lowest BCUT2D eigenvalue weighted by Crippen LogP contribution is -2.38. The van der Waals surface area contributed by atoms with Crippen molar-refractivity contribution in [1.29, 1.82) is 0 Å². The molecule has 0 bridgehead atoms. The quantitative estimate of drug-likeness (QED) is 0.742. The Morgan fingerprint density at radius 1 is 1.56 bits per heavy atom. The van der Waals surface area contributed by atoms with Gasteiger partial charge in [-0.1, -0.05) is 0 Å². The van der Waals surface area contributed by atoms with Crippen LogP contribution in [0.2, 0.25) is 0 Å². The summed E-state index contributed by atoms with van der Waals surface area (Å²) in [5, 5.41) is 0. The highest BCUT2D eigenvalue weighted by molar-refractivity contribution is 5.96. The van der Waals surface area contributed by atoms with Crippen molar-refractivity contribution in [3.05, 3.63) is 29.8 Å². The van der Waals surface area contributed by atoms with Crippen LogP contribution in [0, 0.1) is 5.95 Å². The van der Waals surface area contributed by atoms with Gasteiger partial charge in [0.15, 0.2) is 0 Å². The second-order valence-electron chi connectivity index (χ2n) is 3.13. The van der Waals surface area contributed by atoms with E-state index in [1.807, 2.05) is 0 Å². The summed E-state index contributed by atoms with van der Waals surface area (Å²) in [7, 11) is 0. The molecule has 5 nitrogen and oxygen atoms in total. The lowest BCUT2D eigenvalue weighted by Gasteiger charge is -2.18. The minimum atomic E-state index is -0.851. The molecule has 0 aromatic carbocycles. The van der Waals surface area contributed by atoms with Crippen LogP contribution < -0.4 is 5.73 Å². The lowest BCUT2D eigenvalue weighted by atomic mass is 10.2. The summed E-state index contributed by atoms with van der Waals surface area (Å²) in [6, 6.07) is 2.77. The normalized spacial score (nSPS) is 9.88. The molecule has 1 rings (SSSR count). The zero-order valence-corrected chi connectivity index (χ0v) is 8.81. The van der Waals surface area contributed by atoms with Crippen LogP contribution in [-0.2, 0) is 4.79 Å². The van der Waals surface area contributed by atoms with Crippen molar-refractivity contribution >= 4 is 11.8 Å². The number of carbonyl (C=O) groups is 2.